The van der Waals surface area contributed by atoms with Crippen LogP contribution < -0.4 is 9.62 Å². The van der Waals surface area contributed by atoms with Crippen molar-refractivity contribution >= 4 is 50.7 Å². The van der Waals surface area contributed by atoms with Crippen LogP contribution in [0.25, 0.3) is 0 Å². The molecule has 3 rings (SSSR count). The van der Waals surface area contributed by atoms with Gasteiger partial charge in [-0.15, -0.1) is 0 Å². The molecule has 0 heterocycles. The Labute approximate surface area is 253 Å². The lowest BCUT2D eigenvalue weighted by molar-refractivity contribution is -0.140. The van der Waals surface area contributed by atoms with E-state index in [0.717, 1.165) is 21.7 Å². The number of halogens is 2. The van der Waals surface area contributed by atoms with Crippen molar-refractivity contribution in [1.29, 1.82) is 0 Å². The Morgan fingerprint density at radius 1 is 0.976 bits per heavy atom. The van der Waals surface area contributed by atoms with Gasteiger partial charge in [0.15, 0.2) is 0 Å². The van der Waals surface area contributed by atoms with Crippen LogP contribution in [0.2, 0.25) is 10.0 Å². The molecule has 7 nitrogen and oxygen atoms in total. The number of hydrogen-bond acceptors (Lipinski definition) is 4. The maximum Gasteiger partial charge on any atom is 0.244 e. The van der Waals surface area contributed by atoms with E-state index in [0.29, 0.717) is 33.3 Å². The maximum atomic E-state index is 14.2. The van der Waals surface area contributed by atoms with Gasteiger partial charge in [0.2, 0.25) is 21.8 Å². The van der Waals surface area contributed by atoms with Crippen LogP contribution >= 0.6 is 23.2 Å². The number of sulfonamides is 1. The van der Waals surface area contributed by atoms with Gasteiger partial charge in [0.25, 0.3) is 0 Å². The summed E-state index contributed by atoms with van der Waals surface area (Å²) in [6.07, 6.45) is 2.00. The maximum absolute atomic E-state index is 14.2. The predicted molar refractivity (Wildman–Crippen MR) is 167 cm³/mol. The number of carbonyl (C=O) groups excluding carboxylic acids is 2. The normalized spacial score (nSPS) is 12.9. The molecule has 0 aliphatic carbocycles. The summed E-state index contributed by atoms with van der Waals surface area (Å²) in [5.41, 5.74) is 3.40. The minimum atomic E-state index is -3.86. The molecule has 0 unspecified atom stereocenters. The second-order valence-corrected chi connectivity index (χ2v) is 13.1. The van der Waals surface area contributed by atoms with E-state index in [4.69, 9.17) is 23.2 Å². The number of nitrogens with one attached hydrogen (secondary N) is 1. The van der Waals surface area contributed by atoms with Gasteiger partial charge in [0.05, 0.1) is 11.9 Å². The highest BCUT2D eigenvalue weighted by atomic mass is 35.5. The Morgan fingerprint density at radius 2 is 1.66 bits per heavy atom. The molecule has 0 saturated carbocycles. The van der Waals surface area contributed by atoms with E-state index >= 15 is 0 Å². The van der Waals surface area contributed by atoms with Gasteiger partial charge < -0.3 is 10.2 Å². The quantitative estimate of drug-likeness (QED) is 0.273. The molecule has 0 bridgehead atoms. The lowest BCUT2D eigenvalue weighted by Gasteiger charge is -2.34. The topological polar surface area (TPSA) is 86.8 Å². The third kappa shape index (κ3) is 8.96. The SMILES string of the molecule is CC[C@@H](C)NC(=O)[C@@H](Cc1ccccc1)N(Cc1ccc(Cl)cc1Cl)C(=O)CN(c1cc(C)ccc1C)S(C)(=O)=O. The standard InChI is InChI=1S/C31H37Cl2N3O4S/c1-6-23(4)34-31(38)29(17-24-10-8-7-9-11-24)35(19-25-14-15-26(32)18-27(25)33)30(37)20-36(41(5,39)40)28-16-21(2)12-13-22(28)3/h7-16,18,23,29H,6,17,19-20H2,1-5H3,(H,34,38)/t23-,29-/m1/s1. The third-order valence-corrected chi connectivity index (χ3v) is 8.65. The minimum Gasteiger partial charge on any atom is -0.352 e. The van der Waals surface area contributed by atoms with Crippen molar-refractivity contribution in [2.45, 2.75) is 59.2 Å². The van der Waals surface area contributed by atoms with Gasteiger partial charge in [0, 0.05) is 29.1 Å². The van der Waals surface area contributed by atoms with Crippen molar-refractivity contribution < 1.29 is 18.0 Å². The van der Waals surface area contributed by atoms with Crippen molar-refractivity contribution in [3.8, 4) is 0 Å². The van der Waals surface area contributed by atoms with Gasteiger partial charge in [-0.1, -0.05) is 78.7 Å². The summed E-state index contributed by atoms with van der Waals surface area (Å²) in [4.78, 5) is 29.4. The van der Waals surface area contributed by atoms with E-state index in [9.17, 15) is 18.0 Å². The van der Waals surface area contributed by atoms with Crippen molar-refractivity contribution in [2.75, 3.05) is 17.1 Å². The summed E-state index contributed by atoms with van der Waals surface area (Å²) in [6.45, 7) is 6.99. The fourth-order valence-corrected chi connectivity index (χ4v) is 5.78. The Kier molecular flexibility index (Phi) is 11.2. The van der Waals surface area contributed by atoms with E-state index in [1.165, 1.54) is 4.90 Å². The molecular formula is C31H37Cl2N3O4S. The van der Waals surface area contributed by atoms with Crippen LogP contribution in [-0.4, -0.2) is 50.0 Å². The first-order valence-electron chi connectivity index (χ1n) is 13.4. The summed E-state index contributed by atoms with van der Waals surface area (Å²) in [5.74, 6) is -0.873. The molecule has 41 heavy (non-hydrogen) atoms. The average molecular weight is 619 g/mol. The number of nitrogens with zero attached hydrogens (tertiary/aromatic N) is 2. The lowest BCUT2D eigenvalue weighted by Crippen LogP contribution is -2.54. The summed E-state index contributed by atoms with van der Waals surface area (Å²) in [5, 5.41) is 3.78. The summed E-state index contributed by atoms with van der Waals surface area (Å²) < 4.78 is 27.1. The molecule has 0 saturated heterocycles. The highest BCUT2D eigenvalue weighted by molar-refractivity contribution is 7.92. The Hall–Kier alpha value is -3.07. The molecule has 0 radical (unpaired) electrons. The molecule has 0 aromatic heterocycles. The number of rotatable bonds is 12. The number of aryl methyl sites for hydroxylation is 2. The van der Waals surface area contributed by atoms with Crippen LogP contribution in [0.4, 0.5) is 5.69 Å². The van der Waals surface area contributed by atoms with E-state index in [1.54, 1.807) is 31.2 Å². The first-order chi connectivity index (χ1) is 19.3. The van der Waals surface area contributed by atoms with E-state index < -0.39 is 28.5 Å². The predicted octanol–water partition coefficient (Wildman–Crippen LogP) is 5.93. The summed E-state index contributed by atoms with van der Waals surface area (Å²) >= 11 is 12.6. The first-order valence-corrected chi connectivity index (χ1v) is 16.0. The zero-order valence-electron chi connectivity index (χ0n) is 24.0. The molecular weight excluding hydrogens is 581 g/mol. The molecule has 0 fully saturated rings. The second-order valence-electron chi connectivity index (χ2n) is 10.3. The number of anilines is 1. The number of hydrogen-bond donors (Lipinski definition) is 1. The minimum absolute atomic E-state index is 0.0232. The average Bonchev–Trinajstić information content (AvgIpc) is 2.91. The summed E-state index contributed by atoms with van der Waals surface area (Å²) in [7, 11) is -3.86. The molecule has 0 aliphatic heterocycles. The van der Waals surface area contributed by atoms with Crippen LogP contribution in [0.1, 0.15) is 42.5 Å². The van der Waals surface area contributed by atoms with Crippen LogP contribution in [0, 0.1) is 13.8 Å². The Bertz CT molecular complexity index is 1480. The summed E-state index contributed by atoms with van der Waals surface area (Å²) in [6, 6.07) is 18.7. The van der Waals surface area contributed by atoms with Crippen LogP contribution in [0.15, 0.2) is 66.7 Å². The second kappa shape index (κ2) is 14.2. The van der Waals surface area contributed by atoms with Crippen molar-refractivity contribution in [3.63, 3.8) is 0 Å². The zero-order chi connectivity index (χ0) is 30.3. The molecule has 2 amide bonds. The van der Waals surface area contributed by atoms with Crippen molar-refractivity contribution in [1.82, 2.24) is 10.2 Å². The van der Waals surface area contributed by atoms with Gasteiger partial charge in [0.1, 0.15) is 12.6 Å². The molecule has 2 atom stereocenters. The number of benzene rings is 3. The van der Waals surface area contributed by atoms with Crippen LogP contribution in [0.3, 0.4) is 0 Å². The highest BCUT2D eigenvalue weighted by Gasteiger charge is 2.34. The molecule has 0 spiro atoms. The van der Waals surface area contributed by atoms with Gasteiger partial charge in [-0.25, -0.2) is 8.42 Å². The molecule has 0 aliphatic rings. The van der Waals surface area contributed by atoms with Gasteiger partial charge in [-0.3, -0.25) is 13.9 Å². The Balaban J connectivity index is 2.12. The molecule has 3 aromatic rings. The van der Waals surface area contributed by atoms with Crippen molar-refractivity contribution in [2.24, 2.45) is 0 Å². The molecule has 3 aromatic carbocycles. The molecule has 1 N–H and O–H groups in total. The monoisotopic (exact) mass is 617 g/mol. The number of carbonyl (C=O) groups is 2. The fraction of sp³-hybridized carbons (Fsp3) is 0.355. The van der Waals surface area contributed by atoms with Crippen molar-refractivity contribution in [3.05, 3.63) is 99.0 Å². The molecule has 10 heteroatoms. The van der Waals surface area contributed by atoms with E-state index in [1.807, 2.05) is 63.2 Å². The van der Waals surface area contributed by atoms with E-state index in [-0.39, 0.29) is 24.9 Å². The Morgan fingerprint density at radius 3 is 2.27 bits per heavy atom. The van der Waals surface area contributed by atoms with Gasteiger partial charge in [-0.05, 0) is 67.6 Å². The largest absolute Gasteiger partial charge is 0.352 e. The van der Waals surface area contributed by atoms with Gasteiger partial charge >= 0.3 is 0 Å². The highest BCUT2D eigenvalue weighted by Crippen LogP contribution is 2.27. The number of amides is 2. The lowest BCUT2D eigenvalue weighted by atomic mass is 10.0. The third-order valence-electron chi connectivity index (χ3n) is 6.94. The van der Waals surface area contributed by atoms with Crippen LogP contribution in [-0.2, 0) is 32.6 Å². The van der Waals surface area contributed by atoms with Crippen LogP contribution in [0.5, 0.6) is 0 Å². The van der Waals surface area contributed by atoms with Gasteiger partial charge in [-0.2, -0.15) is 0 Å². The smallest absolute Gasteiger partial charge is 0.244 e. The molecule has 220 valence electrons. The van der Waals surface area contributed by atoms with E-state index in [2.05, 4.69) is 5.32 Å². The first kappa shape index (κ1) is 32.4. The fourth-order valence-electron chi connectivity index (χ4n) is 4.41. The zero-order valence-corrected chi connectivity index (χ0v) is 26.4.